The quantitative estimate of drug-likeness (QED) is 0.902. The molecule has 1 aliphatic rings. The molecule has 1 atom stereocenters. The highest BCUT2D eigenvalue weighted by molar-refractivity contribution is 5.96. The molecular formula is C18H28N2O. The van der Waals surface area contributed by atoms with Crippen molar-refractivity contribution >= 4 is 5.91 Å². The van der Waals surface area contributed by atoms with Gasteiger partial charge in [0.05, 0.1) is 0 Å². The van der Waals surface area contributed by atoms with Crippen LogP contribution in [0.25, 0.3) is 0 Å². The van der Waals surface area contributed by atoms with Gasteiger partial charge in [0.1, 0.15) is 0 Å². The summed E-state index contributed by atoms with van der Waals surface area (Å²) in [6, 6.07) is 6.46. The lowest BCUT2D eigenvalue weighted by molar-refractivity contribution is 0.0720. The Morgan fingerprint density at radius 2 is 2.14 bits per heavy atom. The normalized spacial score (nSPS) is 18.2. The summed E-state index contributed by atoms with van der Waals surface area (Å²) in [5.41, 5.74) is 3.15. The maximum absolute atomic E-state index is 12.9. The van der Waals surface area contributed by atoms with Crippen molar-refractivity contribution in [2.24, 2.45) is 5.92 Å². The first kappa shape index (κ1) is 16.0. The van der Waals surface area contributed by atoms with Crippen molar-refractivity contribution in [2.75, 3.05) is 19.6 Å². The van der Waals surface area contributed by atoms with E-state index in [4.69, 9.17) is 0 Å². The molecule has 1 heterocycles. The molecular weight excluding hydrogens is 260 g/mol. The van der Waals surface area contributed by atoms with Gasteiger partial charge >= 0.3 is 0 Å². The molecule has 1 unspecified atom stereocenters. The van der Waals surface area contributed by atoms with E-state index in [2.05, 4.69) is 32.2 Å². The Labute approximate surface area is 128 Å². The summed E-state index contributed by atoms with van der Waals surface area (Å²) < 4.78 is 0. The van der Waals surface area contributed by atoms with Gasteiger partial charge in [0.25, 0.3) is 5.91 Å². The van der Waals surface area contributed by atoms with Crippen LogP contribution in [0.2, 0.25) is 0 Å². The molecule has 2 rings (SSSR count). The average Bonchev–Trinajstić information content (AvgIpc) is 2.93. The van der Waals surface area contributed by atoms with E-state index in [1.165, 1.54) is 18.4 Å². The molecule has 1 N–H and O–H groups in total. The number of nitrogens with one attached hydrogen (secondary N) is 1. The van der Waals surface area contributed by atoms with Crippen molar-refractivity contribution in [1.82, 2.24) is 10.2 Å². The lowest BCUT2D eigenvalue weighted by Gasteiger charge is -2.28. The van der Waals surface area contributed by atoms with Gasteiger partial charge in [-0.15, -0.1) is 0 Å². The van der Waals surface area contributed by atoms with E-state index in [0.717, 1.165) is 30.8 Å². The topological polar surface area (TPSA) is 32.3 Å². The van der Waals surface area contributed by atoms with Gasteiger partial charge in [-0.05, 0) is 56.3 Å². The Balaban J connectivity index is 2.18. The lowest BCUT2D eigenvalue weighted by Crippen LogP contribution is -2.43. The molecule has 0 bridgehead atoms. The predicted molar refractivity (Wildman–Crippen MR) is 87.7 cm³/mol. The number of benzene rings is 1. The zero-order valence-electron chi connectivity index (χ0n) is 13.8. The van der Waals surface area contributed by atoms with Crippen molar-refractivity contribution in [3.05, 3.63) is 34.9 Å². The minimum Gasteiger partial charge on any atom is -0.337 e. The van der Waals surface area contributed by atoms with Crippen molar-refractivity contribution in [3.8, 4) is 0 Å². The second kappa shape index (κ2) is 7.08. The van der Waals surface area contributed by atoms with Crippen LogP contribution < -0.4 is 5.32 Å². The molecule has 1 saturated heterocycles. The fourth-order valence-corrected chi connectivity index (χ4v) is 3.01. The molecule has 1 aromatic carbocycles. The van der Waals surface area contributed by atoms with Crippen molar-refractivity contribution in [3.63, 3.8) is 0 Å². The Bertz CT molecular complexity index is 490. The number of rotatable bonds is 5. The Hall–Kier alpha value is -1.35. The van der Waals surface area contributed by atoms with Gasteiger partial charge < -0.3 is 10.2 Å². The number of hydrogen-bond acceptors (Lipinski definition) is 2. The highest BCUT2D eigenvalue weighted by Crippen LogP contribution is 2.17. The maximum atomic E-state index is 12.9. The monoisotopic (exact) mass is 288 g/mol. The van der Waals surface area contributed by atoms with Crippen LogP contribution in [-0.2, 0) is 0 Å². The minimum atomic E-state index is 0.179. The van der Waals surface area contributed by atoms with Gasteiger partial charge in [0, 0.05) is 24.7 Å². The zero-order chi connectivity index (χ0) is 15.4. The summed E-state index contributed by atoms with van der Waals surface area (Å²) in [5.74, 6) is 0.666. The molecule has 1 aliphatic heterocycles. The van der Waals surface area contributed by atoms with Crippen LogP contribution in [-0.4, -0.2) is 36.5 Å². The predicted octanol–water partition coefficient (Wildman–Crippen LogP) is 3.15. The molecule has 116 valence electrons. The second-order valence-electron chi connectivity index (χ2n) is 6.64. The van der Waals surface area contributed by atoms with Crippen LogP contribution in [0.4, 0.5) is 0 Å². The van der Waals surface area contributed by atoms with Gasteiger partial charge in [-0.1, -0.05) is 26.0 Å². The average molecular weight is 288 g/mol. The van der Waals surface area contributed by atoms with Crippen LogP contribution in [0.15, 0.2) is 18.2 Å². The number of amides is 1. The van der Waals surface area contributed by atoms with E-state index in [1.807, 2.05) is 24.0 Å². The highest BCUT2D eigenvalue weighted by atomic mass is 16.2. The van der Waals surface area contributed by atoms with Crippen molar-refractivity contribution in [2.45, 2.75) is 46.6 Å². The summed E-state index contributed by atoms with van der Waals surface area (Å²) in [6.07, 6.45) is 2.40. The van der Waals surface area contributed by atoms with Gasteiger partial charge in [-0.2, -0.15) is 0 Å². The minimum absolute atomic E-state index is 0.179. The highest BCUT2D eigenvalue weighted by Gasteiger charge is 2.24. The molecule has 3 heteroatoms. The molecule has 0 radical (unpaired) electrons. The first-order valence-electron chi connectivity index (χ1n) is 8.08. The third-order valence-electron chi connectivity index (χ3n) is 4.31. The third-order valence-corrected chi connectivity index (χ3v) is 4.31. The van der Waals surface area contributed by atoms with Gasteiger partial charge in [-0.25, -0.2) is 0 Å². The summed E-state index contributed by atoms with van der Waals surface area (Å²) >= 11 is 0. The van der Waals surface area contributed by atoms with E-state index in [-0.39, 0.29) is 5.91 Å². The molecule has 1 aromatic rings. The molecule has 0 aromatic heterocycles. The van der Waals surface area contributed by atoms with Crippen molar-refractivity contribution in [1.29, 1.82) is 0 Å². The Morgan fingerprint density at radius 3 is 2.76 bits per heavy atom. The van der Waals surface area contributed by atoms with Gasteiger partial charge in [0.2, 0.25) is 0 Å². The number of hydrogen-bond donors (Lipinski definition) is 1. The van der Waals surface area contributed by atoms with E-state index in [9.17, 15) is 4.79 Å². The Morgan fingerprint density at radius 1 is 1.38 bits per heavy atom. The lowest BCUT2D eigenvalue weighted by atomic mass is 10.0. The molecule has 0 saturated carbocycles. The second-order valence-corrected chi connectivity index (χ2v) is 6.64. The zero-order valence-corrected chi connectivity index (χ0v) is 13.8. The van der Waals surface area contributed by atoms with E-state index in [0.29, 0.717) is 12.0 Å². The van der Waals surface area contributed by atoms with Crippen LogP contribution in [0, 0.1) is 19.8 Å². The van der Waals surface area contributed by atoms with Gasteiger partial charge in [0.15, 0.2) is 0 Å². The standard InChI is InChI=1S/C18H28N2O/c1-13(2)11-20(12-16-8-6-10-19-16)18(21)17-9-5-7-14(3)15(17)4/h5,7,9,13,16,19H,6,8,10-12H2,1-4H3. The summed E-state index contributed by atoms with van der Waals surface area (Å²) in [6.45, 7) is 11.2. The summed E-state index contributed by atoms with van der Waals surface area (Å²) in [4.78, 5) is 15.0. The SMILES string of the molecule is Cc1cccc(C(=O)N(CC(C)C)CC2CCCN2)c1C. The molecule has 0 spiro atoms. The van der Waals surface area contributed by atoms with E-state index in [1.54, 1.807) is 0 Å². The Kier molecular flexibility index (Phi) is 5.40. The summed E-state index contributed by atoms with van der Waals surface area (Å²) in [7, 11) is 0. The van der Waals surface area contributed by atoms with Crippen LogP contribution in [0.1, 0.15) is 48.2 Å². The molecule has 21 heavy (non-hydrogen) atoms. The maximum Gasteiger partial charge on any atom is 0.254 e. The molecule has 3 nitrogen and oxygen atoms in total. The number of aryl methyl sites for hydroxylation is 1. The van der Waals surface area contributed by atoms with Crippen LogP contribution >= 0.6 is 0 Å². The molecule has 1 amide bonds. The third kappa shape index (κ3) is 4.07. The first-order valence-corrected chi connectivity index (χ1v) is 8.08. The van der Waals surface area contributed by atoms with Crippen LogP contribution in [0.5, 0.6) is 0 Å². The number of carbonyl (C=O) groups is 1. The first-order chi connectivity index (χ1) is 9.99. The van der Waals surface area contributed by atoms with E-state index >= 15 is 0 Å². The number of carbonyl (C=O) groups excluding carboxylic acids is 1. The fraction of sp³-hybridized carbons (Fsp3) is 0.611. The largest absolute Gasteiger partial charge is 0.337 e. The number of nitrogens with zero attached hydrogens (tertiary/aromatic N) is 1. The van der Waals surface area contributed by atoms with E-state index < -0.39 is 0 Å². The fourth-order valence-electron chi connectivity index (χ4n) is 3.01. The van der Waals surface area contributed by atoms with Crippen LogP contribution in [0.3, 0.4) is 0 Å². The molecule has 1 fully saturated rings. The molecule has 0 aliphatic carbocycles. The van der Waals surface area contributed by atoms with Crippen molar-refractivity contribution < 1.29 is 4.79 Å². The summed E-state index contributed by atoms with van der Waals surface area (Å²) in [5, 5.41) is 3.50. The van der Waals surface area contributed by atoms with Gasteiger partial charge in [-0.3, -0.25) is 4.79 Å². The smallest absolute Gasteiger partial charge is 0.254 e.